The van der Waals surface area contributed by atoms with Crippen molar-refractivity contribution in [1.82, 2.24) is 9.29 Å². The Bertz CT molecular complexity index is 570. The van der Waals surface area contributed by atoms with Crippen LogP contribution >= 0.6 is 11.6 Å². The van der Waals surface area contributed by atoms with Crippen molar-refractivity contribution >= 4 is 21.6 Å². The Balaban J connectivity index is 2.99. The topological polar surface area (TPSA) is 79.5 Å². The zero-order chi connectivity index (χ0) is 14.5. The number of likely N-dealkylation sites (N-methyl/N-ethyl adjacent to an activating group) is 1. The molecule has 108 valence electrons. The molecule has 6 nitrogen and oxygen atoms in total. The van der Waals surface area contributed by atoms with Gasteiger partial charge in [-0.2, -0.15) is 4.31 Å². The number of hydrogen-bond donors (Lipinski definition) is 1. The number of pyridine rings is 1. The molecule has 0 saturated heterocycles. The first-order chi connectivity index (χ1) is 8.93. The number of sulfonamides is 1. The molecule has 0 unspecified atom stereocenters. The third kappa shape index (κ3) is 4.04. The minimum absolute atomic E-state index is 0.0320. The number of ether oxygens (including phenoxy) is 1. The van der Waals surface area contributed by atoms with Crippen LogP contribution in [0.15, 0.2) is 22.0 Å². The molecule has 0 bridgehead atoms. The second-order valence-electron chi connectivity index (χ2n) is 3.71. The standard InChI is InChI=1S/C11H17ClN2O4S/c1-3-14(5-6-18-4-2)19(16,17)9-7-10(12)11(15)13-8-9/h7-8H,3-6H2,1-2H3,(H,13,15). The van der Waals surface area contributed by atoms with Crippen molar-refractivity contribution in [3.8, 4) is 0 Å². The van der Waals surface area contributed by atoms with Gasteiger partial charge in [0.2, 0.25) is 10.0 Å². The largest absolute Gasteiger partial charge is 0.380 e. The van der Waals surface area contributed by atoms with E-state index in [1.165, 1.54) is 4.31 Å². The first-order valence-corrected chi connectivity index (χ1v) is 7.71. The van der Waals surface area contributed by atoms with Gasteiger partial charge in [-0.1, -0.05) is 18.5 Å². The van der Waals surface area contributed by atoms with Crippen LogP contribution in [0, 0.1) is 0 Å². The van der Waals surface area contributed by atoms with Crippen LogP contribution in [0.3, 0.4) is 0 Å². The van der Waals surface area contributed by atoms with E-state index in [4.69, 9.17) is 16.3 Å². The van der Waals surface area contributed by atoms with Gasteiger partial charge < -0.3 is 9.72 Å². The van der Waals surface area contributed by atoms with Crippen molar-refractivity contribution in [3.05, 3.63) is 27.6 Å². The summed E-state index contributed by atoms with van der Waals surface area (Å²) in [7, 11) is -3.67. The highest BCUT2D eigenvalue weighted by atomic mass is 35.5. The molecule has 1 heterocycles. The highest BCUT2D eigenvalue weighted by Gasteiger charge is 2.23. The highest BCUT2D eigenvalue weighted by Crippen LogP contribution is 2.16. The quantitative estimate of drug-likeness (QED) is 0.764. The van der Waals surface area contributed by atoms with E-state index in [0.29, 0.717) is 19.8 Å². The molecular weight excluding hydrogens is 292 g/mol. The van der Waals surface area contributed by atoms with E-state index in [9.17, 15) is 13.2 Å². The van der Waals surface area contributed by atoms with E-state index in [1.807, 2.05) is 6.92 Å². The van der Waals surface area contributed by atoms with Gasteiger partial charge in [-0.05, 0) is 13.0 Å². The minimum Gasteiger partial charge on any atom is -0.380 e. The average molecular weight is 309 g/mol. The van der Waals surface area contributed by atoms with Gasteiger partial charge in [0.05, 0.1) is 11.5 Å². The fourth-order valence-corrected chi connectivity index (χ4v) is 3.16. The van der Waals surface area contributed by atoms with Crippen LogP contribution in [0.25, 0.3) is 0 Å². The second-order valence-corrected chi connectivity index (χ2v) is 6.05. The number of aromatic amines is 1. The zero-order valence-electron chi connectivity index (χ0n) is 10.8. The van der Waals surface area contributed by atoms with Crippen molar-refractivity contribution in [2.24, 2.45) is 0 Å². The van der Waals surface area contributed by atoms with Gasteiger partial charge in [0.15, 0.2) is 0 Å². The van der Waals surface area contributed by atoms with Crippen molar-refractivity contribution in [2.75, 3.05) is 26.3 Å². The third-order valence-corrected chi connectivity index (χ3v) is 4.74. The summed E-state index contributed by atoms with van der Waals surface area (Å²) in [6.07, 6.45) is 1.15. The number of H-pyrrole nitrogens is 1. The van der Waals surface area contributed by atoms with Gasteiger partial charge in [0, 0.05) is 25.9 Å². The van der Waals surface area contributed by atoms with Crippen molar-refractivity contribution < 1.29 is 13.2 Å². The van der Waals surface area contributed by atoms with Crippen LogP contribution in [0.5, 0.6) is 0 Å². The summed E-state index contributed by atoms with van der Waals surface area (Å²) in [6, 6.07) is 1.15. The van der Waals surface area contributed by atoms with Gasteiger partial charge in [0.1, 0.15) is 5.02 Å². The van der Waals surface area contributed by atoms with Gasteiger partial charge >= 0.3 is 0 Å². The van der Waals surface area contributed by atoms with Gasteiger partial charge in [-0.3, -0.25) is 4.79 Å². The Morgan fingerprint density at radius 1 is 1.42 bits per heavy atom. The normalized spacial score (nSPS) is 12.0. The van der Waals surface area contributed by atoms with E-state index < -0.39 is 15.6 Å². The molecule has 19 heavy (non-hydrogen) atoms. The van der Waals surface area contributed by atoms with Crippen LogP contribution in [0.1, 0.15) is 13.8 Å². The molecule has 0 fully saturated rings. The number of rotatable bonds is 7. The van der Waals surface area contributed by atoms with Crippen molar-refractivity contribution in [2.45, 2.75) is 18.7 Å². The number of hydrogen-bond acceptors (Lipinski definition) is 4. The van der Waals surface area contributed by atoms with Gasteiger partial charge in [0.25, 0.3) is 5.56 Å². The Morgan fingerprint density at radius 2 is 2.11 bits per heavy atom. The Hall–Kier alpha value is -0.890. The molecule has 0 aliphatic heterocycles. The van der Waals surface area contributed by atoms with E-state index in [1.54, 1.807) is 6.92 Å². The summed E-state index contributed by atoms with van der Waals surface area (Å²) < 4.78 is 31.0. The van der Waals surface area contributed by atoms with Crippen LogP contribution in [0.4, 0.5) is 0 Å². The van der Waals surface area contributed by atoms with Crippen LogP contribution in [0.2, 0.25) is 5.02 Å². The minimum atomic E-state index is -3.67. The fourth-order valence-electron chi connectivity index (χ4n) is 1.49. The van der Waals surface area contributed by atoms with Crippen LogP contribution in [-0.2, 0) is 14.8 Å². The smallest absolute Gasteiger partial charge is 0.266 e. The molecule has 0 aliphatic carbocycles. The Kier molecular flexibility index (Phi) is 5.99. The molecule has 0 atom stereocenters. The first kappa shape index (κ1) is 16.2. The summed E-state index contributed by atoms with van der Waals surface area (Å²) in [4.78, 5) is 13.4. The maximum absolute atomic E-state index is 12.3. The number of halogens is 1. The van der Waals surface area contributed by atoms with Crippen molar-refractivity contribution in [1.29, 1.82) is 0 Å². The molecular formula is C11H17ClN2O4S. The molecule has 0 saturated carbocycles. The number of aromatic nitrogens is 1. The SMILES string of the molecule is CCOCCN(CC)S(=O)(=O)c1c[nH]c(=O)c(Cl)c1. The average Bonchev–Trinajstić information content (AvgIpc) is 2.37. The zero-order valence-corrected chi connectivity index (χ0v) is 12.4. The van der Waals surface area contributed by atoms with Crippen LogP contribution < -0.4 is 5.56 Å². The molecule has 8 heteroatoms. The first-order valence-electron chi connectivity index (χ1n) is 5.89. The lowest BCUT2D eigenvalue weighted by Gasteiger charge is -2.20. The van der Waals surface area contributed by atoms with E-state index in [0.717, 1.165) is 12.3 Å². The summed E-state index contributed by atoms with van der Waals surface area (Å²) in [5, 5.41) is -0.151. The number of nitrogens with zero attached hydrogens (tertiary/aromatic N) is 1. The summed E-state index contributed by atoms with van der Waals surface area (Å²) in [5.74, 6) is 0. The lowest BCUT2D eigenvalue weighted by Crippen LogP contribution is -2.34. The van der Waals surface area contributed by atoms with E-state index in [2.05, 4.69) is 4.98 Å². The Labute approximate surface area is 117 Å². The molecule has 1 N–H and O–H groups in total. The summed E-state index contributed by atoms with van der Waals surface area (Å²) in [6.45, 7) is 4.99. The fraction of sp³-hybridized carbons (Fsp3) is 0.545. The molecule has 0 spiro atoms. The van der Waals surface area contributed by atoms with Crippen LogP contribution in [-0.4, -0.2) is 44.0 Å². The lowest BCUT2D eigenvalue weighted by atomic mass is 10.5. The molecule has 1 aromatic heterocycles. The molecule has 0 aromatic carbocycles. The predicted molar refractivity (Wildman–Crippen MR) is 73.0 cm³/mol. The monoisotopic (exact) mass is 308 g/mol. The highest BCUT2D eigenvalue weighted by molar-refractivity contribution is 7.89. The molecule has 1 rings (SSSR count). The van der Waals surface area contributed by atoms with Gasteiger partial charge in [-0.15, -0.1) is 0 Å². The van der Waals surface area contributed by atoms with Gasteiger partial charge in [-0.25, -0.2) is 8.42 Å². The lowest BCUT2D eigenvalue weighted by molar-refractivity contribution is 0.135. The van der Waals surface area contributed by atoms with E-state index in [-0.39, 0.29) is 16.5 Å². The maximum atomic E-state index is 12.3. The third-order valence-electron chi connectivity index (χ3n) is 2.51. The number of nitrogens with one attached hydrogen (secondary N) is 1. The summed E-state index contributed by atoms with van der Waals surface area (Å²) in [5.41, 5.74) is -0.516. The second kappa shape index (κ2) is 7.04. The predicted octanol–water partition coefficient (Wildman–Crippen LogP) is 1.08. The summed E-state index contributed by atoms with van der Waals surface area (Å²) >= 11 is 5.64. The Morgan fingerprint density at radius 3 is 2.63 bits per heavy atom. The molecule has 1 aromatic rings. The van der Waals surface area contributed by atoms with E-state index >= 15 is 0 Å². The maximum Gasteiger partial charge on any atom is 0.266 e. The molecule has 0 amide bonds. The molecule has 0 aliphatic rings. The van der Waals surface area contributed by atoms with Crippen molar-refractivity contribution in [3.63, 3.8) is 0 Å². The molecule has 0 radical (unpaired) electrons.